The Kier molecular flexibility index (Phi) is 8.86. The van der Waals surface area contributed by atoms with Crippen molar-refractivity contribution >= 4 is 51.1 Å². The lowest BCUT2D eigenvalue weighted by atomic mass is 10.1. The zero-order valence-corrected chi connectivity index (χ0v) is 20.7. The Hall–Kier alpha value is -2.20. The van der Waals surface area contributed by atoms with Crippen molar-refractivity contribution < 1.29 is 14.3 Å². The second-order valence-electron chi connectivity index (χ2n) is 7.40. The van der Waals surface area contributed by atoms with Gasteiger partial charge in [-0.25, -0.2) is 0 Å². The highest BCUT2D eigenvalue weighted by molar-refractivity contribution is 9.10. The predicted octanol–water partition coefficient (Wildman–Crippen LogP) is 6.70. The van der Waals surface area contributed by atoms with Crippen LogP contribution in [0.2, 0.25) is 10.0 Å². The third-order valence-electron chi connectivity index (χ3n) is 5.12. The lowest BCUT2D eigenvalue weighted by molar-refractivity contribution is -0.117. The highest BCUT2D eigenvalue weighted by Gasteiger charge is 2.20. The summed E-state index contributed by atoms with van der Waals surface area (Å²) in [6, 6.07) is 10.9. The van der Waals surface area contributed by atoms with Crippen molar-refractivity contribution in [1.82, 2.24) is 5.32 Å². The van der Waals surface area contributed by atoms with Gasteiger partial charge in [-0.2, -0.15) is 5.26 Å². The molecule has 1 N–H and O–H groups in total. The Labute approximate surface area is 206 Å². The average molecular weight is 538 g/mol. The van der Waals surface area contributed by atoms with Crippen molar-refractivity contribution in [2.45, 2.75) is 45.3 Å². The summed E-state index contributed by atoms with van der Waals surface area (Å²) in [4.78, 5) is 12.5. The fourth-order valence-electron chi connectivity index (χ4n) is 3.47. The van der Waals surface area contributed by atoms with Crippen LogP contribution >= 0.6 is 39.1 Å². The van der Waals surface area contributed by atoms with E-state index in [1.54, 1.807) is 36.4 Å². The Bertz CT molecular complexity index is 1060. The van der Waals surface area contributed by atoms with Crippen LogP contribution in [0.15, 0.2) is 40.4 Å². The Morgan fingerprint density at radius 1 is 1.22 bits per heavy atom. The van der Waals surface area contributed by atoms with E-state index in [2.05, 4.69) is 21.2 Å². The fourth-order valence-corrected chi connectivity index (χ4v) is 4.37. The van der Waals surface area contributed by atoms with Crippen LogP contribution < -0.4 is 14.8 Å². The molecule has 2 aromatic rings. The number of hydrogen-bond acceptors (Lipinski definition) is 4. The van der Waals surface area contributed by atoms with Gasteiger partial charge in [-0.05, 0) is 55.7 Å². The zero-order valence-electron chi connectivity index (χ0n) is 17.6. The SMILES string of the molecule is CCOc1cc(/C=C(/C#N)C(=O)NC2CCCC2)c(Br)cc1OCc1ccc(Cl)cc1Cl. The van der Waals surface area contributed by atoms with E-state index < -0.39 is 0 Å². The van der Waals surface area contributed by atoms with E-state index in [9.17, 15) is 10.1 Å². The first-order chi connectivity index (χ1) is 15.4. The molecule has 1 aliphatic carbocycles. The number of halogens is 3. The Balaban J connectivity index is 1.82. The monoisotopic (exact) mass is 536 g/mol. The largest absolute Gasteiger partial charge is 0.490 e. The molecule has 3 rings (SSSR count). The molecule has 5 nitrogen and oxygen atoms in total. The predicted molar refractivity (Wildman–Crippen MR) is 130 cm³/mol. The molecule has 2 aromatic carbocycles. The van der Waals surface area contributed by atoms with Gasteiger partial charge in [0.25, 0.3) is 5.91 Å². The van der Waals surface area contributed by atoms with E-state index in [1.165, 1.54) is 0 Å². The van der Waals surface area contributed by atoms with E-state index in [-0.39, 0.29) is 24.1 Å². The van der Waals surface area contributed by atoms with Crippen LogP contribution in [0.25, 0.3) is 6.08 Å². The van der Waals surface area contributed by atoms with Gasteiger partial charge in [0.2, 0.25) is 0 Å². The first-order valence-electron chi connectivity index (χ1n) is 10.4. The summed E-state index contributed by atoms with van der Waals surface area (Å²) >= 11 is 15.7. The molecule has 0 bridgehead atoms. The number of amides is 1. The maximum Gasteiger partial charge on any atom is 0.262 e. The topological polar surface area (TPSA) is 71.3 Å². The molecular weight excluding hydrogens is 515 g/mol. The molecule has 0 saturated heterocycles. The number of nitrogens with zero attached hydrogens (tertiary/aromatic N) is 1. The Morgan fingerprint density at radius 3 is 2.59 bits per heavy atom. The van der Waals surface area contributed by atoms with E-state index in [1.807, 2.05) is 13.0 Å². The molecule has 1 saturated carbocycles. The van der Waals surface area contributed by atoms with E-state index in [0.29, 0.717) is 38.2 Å². The van der Waals surface area contributed by atoms with Crippen molar-refractivity contribution in [3.05, 3.63) is 61.5 Å². The van der Waals surface area contributed by atoms with Crippen LogP contribution in [-0.4, -0.2) is 18.6 Å². The Morgan fingerprint density at radius 2 is 1.94 bits per heavy atom. The quantitative estimate of drug-likeness (QED) is 0.300. The lowest BCUT2D eigenvalue weighted by Crippen LogP contribution is -2.33. The van der Waals surface area contributed by atoms with Crippen LogP contribution in [0.3, 0.4) is 0 Å². The molecule has 168 valence electrons. The number of nitriles is 1. The van der Waals surface area contributed by atoms with Crippen molar-refractivity contribution in [2.75, 3.05) is 6.61 Å². The van der Waals surface area contributed by atoms with Gasteiger partial charge in [0.1, 0.15) is 18.2 Å². The van der Waals surface area contributed by atoms with E-state index in [0.717, 1.165) is 31.2 Å². The second kappa shape index (κ2) is 11.6. The van der Waals surface area contributed by atoms with Gasteiger partial charge in [-0.15, -0.1) is 0 Å². The highest BCUT2D eigenvalue weighted by Crippen LogP contribution is 2.36. The summed E-state index contributed by atoms with van der Waals surface area (Å²) in [5.41, 5.74) is 1.47. The van der Waals surface area contributed by atoms with Gasteiger partial charge in [0.05, 0.1) is 6.61 Å². The van der Waals surface area contributed by atoms with Crippen LogP contribution in [-0.2, 0) is 11.4 Å². The van der Waals surface area contributed by atoms with Gasteiger partial charge >= 0.3 is 0 Å². The summed E-state index contributed by atoms with van der Waals surface area (Å²) in [5.74, 6) is 0.651. The third kappa shape index (κ3) is 6.41. The standard InChI is InChI=1S/C24H23BrCl2N2O3/c1-2-31-22-10-16(9-17(13-28)24(30)29-19-5-3-4-6-19)20(25)12-23(22)32-14-15-7-8-18(26)11-21(15)27/h7-12,19H,2-6,14H2,1H3,(H,29,30)/b17-9-. The highest BCUT2D eigenvalue weighted by atomic mass is 79.9. The number of carbonyl (C=O) groups is 1. The minimum absolute atomic E-state index is 0.0432. The van der Waals surface area contributed by atoms with Crippen molar-refractivity contribution in [3.8, 4) is 17.6 Å². The minimum Gasteiger partial charge on any atom is -0.490 e. The van der Waals surface area contributed by atoms with Crippen LogP contribution in [0.4, 0.5) is 0 Å². The van der Waals surface area contributed by atoms with Gasteiger partial charge in [0, 0.05) is 26.1 Å². The molecule has 8 heteroatoms. The summed E-state index contributed by atoms with van der Waals surface area (Å²) < 4.78 is 12.4. The molecule has 1 aliphatic rings. The van der Waals surface area contributed by atoms with Gasteiger partial charge in [-0.3, -0.25) is 4.79 Å². The fraction of sp³-hybridized carbons (Fsp3) is 0.333. The number of nitrogens with one attached hydrogen (secondary N) is 1. The average Bonchev–Trinajstić information content (AvgIpc) is 3.26. The van der Waals surface area contributed by atoms with Crippen LogP contribution in [0.5, 0.6) is 11.5 Å². The van der Waals surface area contributed by atoms with Gasteiger partial charge < -0.3 is 14.8 Å². The van der Waals surface area contributed by atoms with Gasteiger partial charge in [0.15, 0.2) is 11.5 Å². The number of rotatable bonds is 8. The molecule has 1 fully saturated rings. The molecular formula is C24H23BrCl2N2O3. The number of hydrogen-bond donors (Lipinski definition) is 1. The molecule has 32 heavy (non-hydrogen) atoms. The molecule has 1 amide bonds. The number of ether oxygens (including phenoxy) is 2. The third-order valence-corrected chi connectivity index (χ3v) is 6.39. The summed E-state index contributed by atoms with van der Waals surface area (Å²) in [6.45, 7) is 2.52. The zero-order chi connectivity index (χ0) is 23.1. The first-order valence-corrected chi connectivity index (χ1v) is 11.9. The molecule has 0 aromatic heterocycles. The first kappa shape index (κ1) is 24.4. The number of carbonyl (C=O) groups excluding carboxylic acids is 1. The summed E-state index contributed by atoms with van der Waals surface area (Å²) in [6.07, 6.45) is 5.65. The molecule has 0 radical (unpaired) electrons. The minimum atomic E-state index is -0.359. The molecule has 0 heterocycles. The second-order valence-corrected chi connectivity index (χ2v) is 9.10. The van der Waals surface area contributed by atoms with Crippen molar-refractivity contribution in [2.24, 2.45) is 0 Å². The van der Waals surface area contributed by atoms with Crippen LogP contribution in [0, 0.1) is 11.3 Å². The van der Waals surface area contributed by atoms with Crippen molar-refractivity contribution in [1.29, 1.82) is 5.26 Å². The van der Waals surface area contributed by atoms with Crippen molar-refractivity contribution in [3.63, 3.8) is 0 Å². The molecule has 0 spiro atoms. The molecule has 0 unspecified atom stereocenters. The number of benzene rings is 2. The summed E-state index contributed by atoms with van der Waals surface area (Å²) in [7, 11) is 0. The van der Waals surface area contributed by atoms with E-state index in [4.69, 9.17) is 32.7 Å². The maximum atomic E-state index is 12.5. The van der Waals surface area contributed by atoms with Crippen LogP contribution in [0.1, 0.15) is 43.7 Å². The van der Waals surface area contributed by atoms with Gasteiger partial charge in [-0.1, -0.05) is 58.0 Å². The normalized spacial score (nSPS) is 14.2. The maximum absolute atomic E-state index is 12.5. The lowest BCUT2D eigenvalue weighted by Gasteiger charge is -2.15. The molecule has 0 aliphatic heterocycles. The summed E-state index contributed by atoms with van der Waals surface area (Å²) in [5, 5.41) is 13.5. The molecule has 0 atom stereocenters. The van der Waals surface area contributed by atoms with E-state index >= 15 is 0 Å². The smallest absolute Gasteiger partial charge is 0.262 e.